The molecule has 6 heteroatoms. The number of likely N-dealkylation sites (tertiary alicyclic amines) is 1. The molecule has 2 heterocycles. The van der Waals surface area contributed by atoms with Crippen LogP contribution < -0.4 is 0 Å². The minimum atomic E-state index is -0.660. The number of aliphatic hydroxyl groups excluding tert-OH is 1. The van der Waals surface area contributed by atoms with Crippen LogP contribution in [0.5, 0.6) is 0 Å². The molecule has 2 aliphatic heterocycles. The lowest BCUT2D eigenvalue weighted by Crippen LogP contribution is -2.36. The first kappa shape index (κ1) is 18.9. The van der Waals surface area contributed by atoms with Gasteiger partial charge in [0.25, 0.3) is 11.7 Å². The number of rotatable bonds is 4. The normalized spacial score (nSPS) is 24.1. The zero-order chi connectivity index (χ0) is 19.7. The van der Waals surface area contributed by atoms with Crippen LogP contribution in [0.25, 0.3) is 5.76 Å². The van der Waals surface area contributed by atoms with Gasteiger partial charge in [-0.25, -0.2) is 0 Å². The average Bonchev–Trinajstić information content (AvgIpc) is 3.31. The molecule has 2 aromatic carbocycles. The Morgan fingerprint density at radius 2 is 1.82 bits per heavy atom. The van der Waals surface area contributed by atoms with E-state index in [4.69, 9.17) is 4.74 Å². The molecule has 0 spiro atoms. The van der Waals surface area contributed by atoms with Gasteiger partial charge in [0, 0.05) is 23.2 Å². The summed E-state index contributed by atoms with van der Waals surface area (Å²) in [5.74, 6) is -1.41. The molecule has 2 unspecified atom stereocenters. The van der Waals surface area contributed by atoms with E-state index >= 15 is 0 Å². The molecule has 0 aliphatic carbocycles. The lowest BCUT2D eigenvalue weighted by atomic mass is 9.95. The number of carbonyl (C=O) groups excluding carboxylic acids is 2. The maximum Gasteiger partial charge on any atom is 0.295 e. The third kappa shape index (κ3) is 3.50. The number of carbonyl (C=O) groups is 2. The molecule has 0 aromatic heterocycles. The fourth-order valence-corrected chi connectivity index (χ4v) is 4.08. The number of aliphatic hydroxyl groups is 1. The van der Waals surface area contributed by atoms with E-state index in [0.29, 0.717) is 18.7 Å². The topological polar surface area (TPSA) is 66.8 Å². The summed E-state index contributed by atoms with van der Waals surface area (Å²) in [7, 11) is 0. The molecule has 0 saturated carbocycles. The third-order valence-electron chi connectivity index (χ3n) is 5.20. The van der Waals surface area contributed by atoms with Crippen molar-refractivity contribution in [1.29, 1.82) is 0 Å². The quantitative estimate of drug-likeness (QED) is 0.441. The summed E-state index contributed by atoms with van der Waals surface area (Å²) in [4.78, 5) is 27.3. The number of Topliss-reactive ketones (excluding diaryl/α,β-unsaturated/α-hetero) is 1. The van der Waals surface area contributed by atoms with Gasteiger partial charge in [0.2, 0.25) is 0 Å². The fourth-order valence-electron chi connectivity index (χ4n) is 3.82. The SMILES string of the molecule is O=C1C(=O)N(CC2CCCO2)C(c2ccc(Br)cc2)/C1=C(/O)c1ccccc1. The van der Waals surface area contributed by atoms with Crippen LogP contribution in [0.3, 0.4) is 0 Å². The Balaban J connectivity index is 1.81. The molecule has 144 valence electrons. The second-order valence-electron chi connectivity index (χ2n) is 7.00. The van der Waals surface area contributed by atoms with E-state index in [2.05, 4.69) is 15.9 Å². The summed E-state index contributed by atoms with van der Waals surface area (Å²) < 4.78 is 6.59. The van der Waals surface area contributed by atoms with Crippen molar-refractivity contribution in [2.45, 2.75) is 25.0 Å². The molecule has 5 nitrogen and oxygen atoms in total. The van der Waals surface area contributed by atoms with E-state index in [1.165, 1.54) is 4.90 Å². The summed E-state index contributed by atoms with van der Waals surface area (Å²) in [5, 5.41) is 10.9. The lowest BCUT2D eigenvalue weighted by Gasteiger charge is -2.27. The van der Waals surface area contributed by atoms with Gasteiger partial charge < -0.3 is 14.7 Å². The van der Waals surface area contributed by atoms with Crippen molar-refractivity contribution in [3.63, 3.8) is 0 Å². The van der Waals surface area contributed by atoms with Crippen LogP contribution in [-0.4, -0.2) is 41.0 Å². The summed E-state index contributed by atoms with van der Waals surface area (Å²) in [6, 6.07) is 15.7. The van der Waals surface area contributed by atoms with Gasteiger partial charge in [0.1, 0.15) is 5.76 Å². The van der Waals surface area contributed by atoms with Crippen molar-refractivity contribution in [3.8, 4) is 0 Å². The molecule has 2 aromatic rings. The highest BCUT2D eigenvalue weighted by molar-refractivity contribution is 9.10. The Morgan fingerprint density at radius 3 is 2.46 bits per heavy atom. The van der Waals surface area contributed by atoms with Gasteiger partial charge in [0.05, 0.1) is 17.7 Å². The molecule has 28 heavy (non-hydrogen) atoms. The third-order valence-corrected chi connectivity index (χ3v) is 5.73. The number of halogens is 1. The van der Waals surface area contributed by atoms with Gasteiger partial charge in [-0.15, -0.1) is 0 Å². The number of ether oxygens (including phenoxy) is 1. The van der Waals surface area contributed by atoms with Gasteiger partial charge in [-0.3, -0.25) is 9.59 Å². The molecule has 2 aliphatic rings. The number of ketones is 1. The van der Waals surface area contributed by atoms with Gasteiger partial charge >= 0.3 is 0 Å². The van der Waals surface area contributed by atoms with E-state index in [0.717, 1.165) is 22.9 Å². The average molecular weight is 442 g/mol. The summed E-state index contributed by atoms with van der Waals surface area (Å²) in [6.07, 6.45) is 1.71. The van der Waals surface area contributed by atoms with Crippen molar-refractivity contribution in [1.82, 2.24) is 4.90 Å². The highest BCUT2D eigenvalue weighted by Crippen LogP contribution is 2.40. The first-order chi connectivity index (χ1) is 13.6. The smallest absolute Gasteiger partial charge is 0.295 e. The van der Waals surface area contributed by atoms with Gasteiger partial charge in [-0.2, -0.15) is 0 Å². The number of hydrogen-bond acceptors (Lipinski definition) is 4. The van der Waals surface area contributed by atoms with E-state index in [-0.39, 0.29) is 17.4 Å². The highest BCUT2D eigenvalue weighted by atomic mass is 79.9. The first-order valence-corrected chi connectivity index (χ1v) is 10.1. The van der Waals surface area contributed by atoms with Crippen molar-refractivity contribution < 1.29 is 19.4 Å². The van der Waals surface area contributed by atoms with E-state index < -0.39 is 17.7 Å². The molecule has 4 rings (SSSR count). The Kier molecular flexibility index (Phi) is 5.33. The zero-order valence-corrected chi connectivity index (χ0v) is 16.8. The molecule has 1 N–H and O–H groups in total. The first-order valence-electron chi connectivity index (χ1n) is 9.27. The molecule has 2 fully saturated rings. The van der Waals surface area contributed by atoms with Crippen molar-refractivity contribution in [2.24, 2.45) is 0 Å². The Bertz CT molecular complexity index is 917. The van der Waals surface area contributed by atoms with Gasteiger partial charge in [-0.1, -0.05) is 58.4 Å². The van der Waals surface area contributed by atoms with Gasteiger partial charge in [0.15, 0.2) is 0 Å². The maximum absolute atomic E-state index is 12.9. The van der Waals surface area contributed by atoms with E-state index in [1.54, 1.807) is 24.3 Å². The molecular formula is C22H20BrNO4. The van der Waals surface area contributed by atoms with Crippen LogP contribution >= 0.6 is 15.9 Å². The fraction of sp³-hybridized carbons (Fsp3) is 0.273. The minimum absolute atomic E-state index is 0.0899. The van der Waals surface area contributed by atoms with E-state index in [9.17, 15) is 14.7 Å². The summed E-state index contributed by atoms with van der Waals surface area (Å²) >= 11 is 3.42. The van der Waals surface area contributed by atoms with Crippen LogP contribution in [0.15, 0.2) is 64.6 Å². The molecule has 1 amide bonds. The largest absolute Gasteiger partial charge is 0.507 e. The van der Waals surface area contributed by atoms with Crippen LogP contribution in [0.1, 0.15) is 30.0 Å². The lowest BCUT2D eigenvalue weighted by molar-refractivity contribution is -0.140. The molecule has 2 saturated heterocycles. The molecule has 0 bridgehead atoms. The second-order valence-corrected chi connectivity index (χ2v) is 7.92. The summed E-state index contributed by atoms with van der Waals surface area (Å²) in [6.45, 7) is 0.998. The zero-order valence-electron chi connectivity index (χ0n) is 15.2. The number of benzene rings is 2. The van der Waals surface area contributed by atoms with Crippen LogP contribution in [-0.2, 0) is 14.3 Å². The number of amides is 1. The molecule has 2 atom stereocenters. The van der Waals surface area contributed by atoms with Crippen LogP contribution in [0.4, 0.5) is 0 Å². The van der Waals surface area contributed by atoms with E-state index in [1.807, 2.05) is 30.3 Å². The predicted molar refractivity (Wildman–Crippen MR) is 109 cm³/mol. The Hall–Kier alpha value is -2.44. The Morgan fingerprint density at radius 1 is 1.11 bits per heavy atom. The van der Waals surface area contributed by atoms with Crippen molar-refractivity contribution in [3.05, 3.63) is 75.8 Å². The predicted octanol–water partition coefficient (Wildman–Crippen LogP) is 4.05. The second kappa shape index (κ2) is 7.89. The minimum Gasteiger partial charge on any atom is -0.507 e. The molecular weight excluding hydrogens is 422 g/mol. The highest BCUT2D eigenvalue weighted by Gasteiger charge is 2.46. The number of nitrogens with zero attached hydrogens (tertiary/aromatic N) is 1. The molecule has 0 radical (unpaired) electrons. The Labute approximate surface area is 171 Å². The van der Waals surface area contributed by atoms with Crippen LogP contribution in [0.2, 0.25) is 0 Å². The monoisotopic (exact) mass is 441 g/mol. The standard InChI is InChI=1S/C22H20BrNO4/c23-16-10-8-14(9-11-16)19-18(20(25)15-5-2-1-3-6-15)21(26)22(27)24(19)13-17-7-4-12-28-17/h1-3,5-6,8-11,17,19,25H,4,7,12-13H2/b20-18-. The van der Waals surface area contributed by atoms with Crippen molar-refractivity contribution in [2.75, 3.05) is 13.2 Å². The van der Waals surface area contributed by atoms with Crippen LogP contribution in [0, 0.1) is 0 Å². The maximum atomic E-state index is 12.9. The summed E-state index contributed by atoms with van der Waals surface area (Å²) in [5.41, 5.74) is 1.41. The number of hydrogen-bond donors (Lipinski definition) is 1. The van der Waals surface area contributed by atoms with Crippen molar-refractivity contribution >= 4 is 33.4 Å². The van der Waals surface area contributed by atoms with Gasteiger partial charge in [-0.05, 0) is 30.5 Å².